The van der Waals surface area contributed by atoms with Gasteiger partial charge in [0.25, 0.3) is 0 Å². The zero-order chi connectivity index (χ0) is 22.1. The summed E-state index contributed by atoms with van der Waals surface area (Å²) in [4.78, 5) is 4.55. The van der Waals surface area contributed by atoms with Crippen molar-refractivity contribution < 1.29 is 28.1 Å². The number of guanidine groups is 1. The number of aliphatic hydroxyl groups excluding tert-OH is 1. The molecule has 3 N–H and O–H groups in total. The summed E-state index contributed by atoms with van der Waals surface area (Å²) >= 11 is 0. The fraction of sp³-hybridized carbons (Fsp3) is 0.409. The highest BCUT2D eigenvalue weighted by Gasteiger charge is 2.12. The van der Waals surface area contributed by atoms with Crippen molar-refractivity contribution in [3.05, 3.63) is 53.6 Å². The number of benzene rings is 2. The normalized spacial score (nSPS) is 14.7. The zero-order valence-corrected chi connectivity index (χ0v) is 17.3. The van der Waals surface area contributed by atoms with Crippen LogP contribution in [0.4, 0.5) is 8.78 Å². The van der Waals surface area contributed by atoms with Gasteiger partial charge in [0.15, 0.2) is 17.5 Å². The van der Waals surface area contributed by atoms with E-state index in [2.05, 4.69) is 20.4 Å². The van der Waals surface area contributed by atoms with Crippen LogP contribution in [0.2, 0.25) is 0 Å². The van der Waals surface area contributed by atoms with Gasteiger partial charge in [-0.15, -0.1) is 0 Å². The van der Waals surface area contributed by atoms with Gasteiger partial charge in [0, 0.05) is 19.5 Å². The van der Waals surface area contributed by atoms with Gasteiger partial charge >= 0.3 is 6.61 Å². The molecular weight excluding hydrogens is 408 g/mol. The van der Waals surface area contributed by atoms with Gasteiger partial charge in [0.1, 0.15) is 5.75 Å². The van der Waals surface area contributed by atoms with E-state index in [1.54, 1.807) is 12.1 Å². The molecule has 0 spiro atoms. The number of nitrogens with one attached hydrogen (secondary N) is 2. The lowest BCUT2D eigenvalue weighted by molar-refractivity contribution is -0.0498. The molecule has 0 bridgehead atoms. The minimum atomic E-state index is -2.88. The lowest BCUT2D eigenvalue weighted by atomic mass is 10.1. The summed E-state index contributed by atoms with van der Waals surface area (Å²) in [6, 6.07) is 11.6. The largest absolute Gasteiger partial charge is 0.490 e. The minimum Gasteiger partial charge on any atom is -0.490 e. The standard InChI is InChI=1S/C22H27F2N3O4/c1-2-25-22(26-13-15-4-9-19-20(12-15)30-11-3-10-29-19)27-14-18(28)16-5-7-17(8-6-16)31-21(23)24/h4-9,12,18,21,28H,2-3,10-11,13-14H2,1H3,(H2,25,26,27). The molecule has 1 heterocycles. The molecule has 0 amide bonds. The number of hydrogen-bond donors (Lipinski definition) is 3. The van der Waals surface area contributed by atoms with Crippen molar-refractivity contribution in [3.63, 3.8) is 0 Å². The predicted octanol–water partition coefficient (Wildman–Crippen LogP) is 3.24. The van der Waals surface area contributed by atoms with Gasteiger partial charge in [-0.05, 0) is 42.3 Å². The number of fused-ring (bicyclic) bond motifs is 1. The van der Waals surface area contributed by atoms with Crippen molar-refractivity contribution in [2.75, 3.05) is 26.3 Å². The Bertz CT molecular complexity index is 862. The third-order valence-corrected chi connectivity index (χ3v) is 4.53. The van der Waals surface area contributed by atoms with Crippen molar-refractivity contribution >= 4 is 5.96 Å². The van der Waals surface area contributed by atoms with Gasteiger partial charge in [0.05, 0.1) is 25.9 Å². The molecule has 31 heavy (non-hydrogen) atoms. The number of halogens is 2. The molecule has 7 nitrogen and oxygen atoms in total. The van der Waals surface area contributed by atoms with Gasteiger partial charge in [0.2, 0.25) is 0 Å². The van der Waals surface area contributed by atoms with Crippen molar-refractivity contribution in [2.24, 2.45) is 4.99 Å². The third kappa shape index (κ3) is 6.99. The molecule has 168 valence electrons. The number of aliphatic hydroxyl groups is 1. The van der Waals surface area contributed by atoms with Crippen molar-refractivity contribution in [2.45, 2.75) is 32.6 Å². The summed E-state index contributed by atoms with van der Waals surface area (Å²) in [6.07, 6.45) is 0.00326. The van der Waals surface area contributed by atoms with E-state index in [0.29, 0.717) is 37.8 Å². The predicted molar refractivity (Wildman–Crippen MR) is 113 cm³/mol. The number of hydrogen-bond acceptors (Lipinski definition) is 5. The summed E-state index contributed by atoms with van der Waals surface area (Å²) < 4.78 is 40.2. The summed E-state index contributed by atoms with van der Waals surface area (Å²) in [5.41, 5.74) is 1.55. The maximum atomic E-state index is 12.2. The molecule has 1 unspecified atom stereocenters. The average molecular weight is 435 g/mol. The monoisotopic (exact) mass is 435 g/mol. The average Bonchev–Trinajstić information content (AvgIpc) is 3.00. The third-order valence-electron chi connectivity index (χ3n) is 4.53. The lowest BCUT2D eigenvalue weighted by Gasteiger charge is -2.16. The van der Waals surface area contributed by atoms with E-state index in [9.17, 15) is 13.9 Å². The second-order valence-corrected chi connectivity index (χ2v) is 6.87. The van der Waals surface area contributed by atoms with E-state index in [1.807, 2.05) is 25.1 Å². The Morgan fingerprint density at radius 2 is 1.84 bits per heavy atom. The zero-order valence-electron chi connectivity index (χ0n) is 17.3. The first kappa shape index (κ1) is 22.6. The Balaban J connectivity index is 1.57. The number of rotatable bonds is 8. The van der Waals surface area contributed by atoms with Crippen LogP contribution in [0.15, 0.2) is 47.5 Å². The molecule has 1 aliphatic heterocycles. The highest BCUT2D eigenvalue weighted by Crippen LogP contribution is 2.30. The number of nitrogens with zero attached hydrogens (tertiary/aromatic N) is 1. The van der Waals surface area contributed by atoms with E-state index < -0.39 is 12.7 Å². The van der Waals surface area contributed by atoms with Crippen LogP contribution < -0.4 is 24.8 Å². The van der Waals surface area contributed by atoms with Gasteiger partial charge in [-0.2, -0.15) is 8.78 Å². The summed E-state index contributed by atoms with van der Waals surface area (Å²) in [5.74, 6) is 2.05. The van der Waals surface area contributed by atoms with Crippen molar-refractivity contribution in [1.29, 1.82) is 0 Å². The fourth-order valence-corrected chi connectivity index (χ4v) is 3.00. The fourth-order valence-electron chi connectivity index (χ4n) is 3.00. The van der Waals surface area contributed by atoms with Gasteiger partial charge in [-0.3, -0.25) is 0 Å². The number of ether oxygens (including phenoxy) is 3. The molecule has 0 aromatic heterocycles. The van der Waals surface area contributed by atoms with E-state index in [-0.39, 0.29) is 12.3 Å². The van der Waals surface area contributed by atoms with E-state index >= 15 is 0 Å². The van der Waals surface area contributed by atoms with Gasteiger partial charge in [-0.25, -0.2) is 4.99 Å². The molecule has 2 aromatic carbocycles. The van der Waals surface area contributed by atoms with Crippen LogP contribution in [0.3, 0.4) is 0 Å². The first-order chi connectivity index (χ1) is 15.0. The highest BCUT2D eigenvalue weighted by molar-refractivity contribution is 5.79. The van der Waals surface area contributed by atoms with Crippen LogP contribution in [-0.4, -0.2) is 44.0 Å². The van der Waals surface area contributed by atoms with E-state index in [4.69, 9.17) is 9.47 Å². The summed E-state index contributed by atoms with van der Waals surface area (Å²) in [6.45, 7) is 1.60. The van der Waals surface area contributed by atoms with Crippen LogP contribution in [0.25, 0.3) is 0 Å². The summed E-state index contributed by atoms with van der Waals surface area (Å²) in [7, 11) is 0. The molecule has 2 aromatic rings. The molecule has 9 heteroatoms. The molecule has 0 aliphatic carbocycles. The summed E-state index contributed by atoms with van der Waals surface area (Å²) in [5, 5.41) is 16.6. The van der Waals surface area contributed by atoms with Crippen LogP contribution in [0, 0.1) is 0 Å². The molecule has 0 saturated heterocycles. The number of alkyl halides is 2. The second-order valence-electron chi connectivity index (χ2n) is 6.87. The first-order valence-electron chi connectivity index (χ1n) is 10.2. The van der Waals surface area contributed by atoms with Gasteiger partial charge in [-0.1, -0.05) is 18.2 Å². The van der Waals surface area contributed by atoms with Crippen LogP contribution in [0.1, 0.15) is 30.6 Å². The molecule has 0 fully saturated rings. The quantitative estimate of drug-likeness (QED) is 0.436. The maximum Gasteiger partial charge on any atom is 0.387 e. The molecule has 0 saturated carbocycles. The molecule has 1 atom stereocenters. The smallest absolute Gasteiger partial charge is 0.387 e. The second kappa shape index (κ2) is 11.4. The topological polar surface area (TPSA) is 84.3 Å². The first-order valence-corrected chi connectivity index (χ1v) is 10.2. The molecule has 3 rings (SSSR count). The van der Waals surface area contributed by atoms with E-state index in [0.717, 1.165) is 23.5 Å². The maximum absolute atomic E-state index is 12.2. The SMILES string of the molecule is CCNC(=NCc1ccc2c(c1)OCCCO2)NCC(O)c1ccc(OC(F)F)cc1. The minimum absolute atomic E-state index is 0.0453. The van der Waals surface area contributed by atoms with E-state index in [1.165, 1.54) is 12.1 Å². The van der Waals surface area contributed by atoms with Crippen LogP contribution >= 0.6 is 0 Å². The molecule has 1 aliphatic rings. The number of aliphatic imine (C=N–C) groups is 1. The van der Waals surface area contributed by atoms with Crippen molar-refractivity contribution in [1.82, 2.24) is 10.6 Å². The highest BCUT2D eigenvalue weighted by atomic mass is 19.3. The van der Waals surface area contributed by atoms with Crippen LogP contribution in [0.5, 0.6) is 17.2 Å². The van der Waals surface area contributed by atoms with Crippen LogP contribution in [-0.2, 0) is 6.54 Å². The Kier molecular flexibility index (Phi) is 8.28. The Labute approximate surface area is 180 Å². The van der Waals surface area contributed by atoms with Gasteiger partial charge < -0.3 is 30.0 Å². The lowest BCUT2D eigenvalue weighted by Crippen LogP contribution is -2.39. The Morgan fingerprint density at radius 1 is 1.10 bits per heavy atom. The van der Waals surface area contributed by atoms with Crippen molar-refractivity contribution in [3.8, 4) is 17.2 Å². The molecule has 0 radical (unpaired) electrons. The Morgan fingerprint density at radius 3 is 2.55 bits per heavy atom. The molecular formula is C22H27F2N3O4. The Hall–Kier alpha value is -3.07.